The zero-order chi connectivity index (χ0) is 11.5. The van der Waals surface area contributed by atoms with Gasteiger partial charge in [-0.05, 0) is 26.0 Å². The van der Waals surface area contributed by atoms with Gasteiger partial charge in [0.15, 0.2) is 0 Å². The standard InChI is InChI=1S/C9H15NO3S2/c1-7-3-4-9(14-7)8(2)10-15(12,13)6-5-11/h3-4,8,10-11H,5-6H2,1-2H3. The first-order chi connectivity index (χ1) is 6.94. The molecule has 1 atom stereocenters. The first kappa shape index (κ1) is 12.6. The van der Waals surface area contributed by atoms with Crippen molar-refractivity contribution >= 4 is 21.4 Å². The van der Waals surface area contributed by atoms with Gasteiger partial charge in [-0.15, -0.1) is 11.3 Å². The fourth-order valence-corrected chi connectivity index (χ4v) is 3.17. The monoisotopic (exact) mass is 249 g/mol. The molecule has 1 rings (SSSR count). The smallest absolute Gasteiger partial charge is 0.214 e. The maximum Gasteiger partial charge on any atom is 0.214 e. The average Bonchev–Trinajstić information content (AvgIpc) is 2.50. The molecule has 86 valence electrons. The maximum atomic E-state index is 11.4. The van der Waals surface area contributed by atoms with Crippen LogP contribution in [0, 0.1) is 6.92 Å². The summed E-state index contributed by atoms with van der Waals surface area (Å²) in [6.07, 6.45) is 0. The number of rotatable bonds is 5. The number of aliphatic hydroxyl groups is 1. The van der Waals surface area contributed by atoms with Crippen LogP contribution in [-0.4, -0.2) is 25.9 Å². The first-order valence-corrected chi connectivity index (χ1v) is 7.08. The Labute approximate surface area is 94.0 Å². The van der Waals surface area contributed by atoms with Crippen LogP contribution >= 0.6 is 11.3 Å². The van der Waals surface area contributed by atoms with E-state index >= 15 is 0 Å². The molecule has 1 heterocycles. The molecule has 0 aliphatic heterocycles. The summed E-state index contributed by atoms with van der Waals surface area (Å²) in [6, 6.07) is 3.63. The number of hydrogen-bond donors (Lipinski definition) is 2. The molecule has 1 unspecified atom stereocenters. The third kappa shape index (κ3) is 3.90. The van der Waals surface area contributed by atoms with Gasteiger partial charge in [0, 0.05) is 9.75 Å². The number of sulfonamides is 1. The normalized spacial score (nSPS) is 14.1. The average molecular weight is 249 g/mol. The van der Waals surface area contributed by atoms with E-state index < -0.39 is 10.0 Å². The van der Waals surface area contributed by atoms with Crippen molar-refractivity contribution in [1.82, 2.24) is 4.72 Å². The summed E-state index contributed by atoms with van der Waals surface area (Å²) in [5, 5.41) is 8.57. The lowest BCUT2D eigenvalue weighted by molar-refractivity contribution is 0.319. The highest BCUT2D eigenvalue weighted by atomic mass is 32.2. The van der Waals surface area contributed by atoms with Gasteiger partial charge in [-0.25, -0.2) is 13.1 Å². The van der Waals surface area contributed by atoms with Crippen molar-refractivity contribution < 1.29 is 13.5 Å². The molecule has 0 amide bonds. The van der Waals surface area contributed by atoms with E-state index in [0.29, 0.717) is 0 Å². The van der Waals surface area contributed by atoms with Gasteiger partial charge in [-0.2, -0.15) is 0 Å². The van der Waals surface area contributed by atoms with E-state index in [-0.39, 0.29) is 18.4 Å². The molecule has 0 saturated heterocycles. The summed E-state index contributed by atoms with van der Waals surface area (Å²) in [4.78, 5) is 2.13. The van der Waals surface area contributed by atoms with E-state index in [1.165, 1.54) is 0 Å². The quantitative estimate of drug-likeness (QED) is 0.819. The Bertz CT molecular complexity index is 411. The number of hydrogen-bond acceptors (Lipinski definition) is 4. The molecule has 0 spiro atoms. The molecule has 15 heavy (non-hydrogen) atoms. The van der Waals surface area contributed by atoms with Crippen LogP contribution in [0.15, 0.2) is 12.1 Å². The summed E-state index contributed by atoms with van der Waals surface area (Å²) in [5.41, 5.74) is 0. The van der Waals surface area contributed by atoms with Gasteiger partial charge in [0.25, 0.3) is 0 Å². The van der Waals surface area contributed by atoms with Crippen LogP contribution in [0.25, 0.3) is 0 Å². The van der Waals surface area contributed by atoms with Gasteiger partial charge >= 0.3 is 0 Å². The van der Waals surface area contributed by atoms with Crippen molar-refractivity contribution in [3.8, 4) is 0 Å². The zero-order valence-corrected chi connectivity index (χ0v) is 10.4. The van der Waals surface area contributed by atoms with Crippen LogP contribution < -0.4 is 4.72 Å². The summed E-state index contributed by atoms with van der Waals surface area (Å²) in [5.74, 6) is -0.248. The van der Waals surface area contributed by atoms with Gasteiger partial charge < -0.3 is 5.11 Å². The summed E-state index contributed by atoms with van der Waals surface area (Å²) < 4.78 is 25.2. The summed E-state index contributed by atoms with van der Waals surface area (Å²) in [7, 11) is -3.36. The third-order valence-electron chi connectivity index (χ3n) is 1.90. The second-order valence-corrected chi connectivity index (χ2v) is 6.52. The van der Waals surface area contributed by atoms with E-state index in [4.69, 9.17) is 5.11 Å². The first-order valence-electron chi connectivity index (χ1n) is 4.62. The van der Waals surface area contributed by atoms with Crippen LogP contribution in [0.4, 0.5) is 0 Å². The van der Waals surface area contributed by atoms with E-state index in [2.05, 4.69) is 4.72 Å². The van der Waals surface area contributed by atoms with Crippen LogP contribution in [0.5, 0.6) is 0 Å². The molecule has 1 aromatic rings. The minimum atomic E-state index is -3.36. The molecular weight excluding hydrogens is 234 g/mol. The zero-order valence-electron chi connectivity index (χ0n) is 8.73. The van der Waals surface area contributed by atoms with E-state index in [1.807, 2.05) is 19.1 Å². The van der Waals surface area contributed by atoms with Crippen molar-refractivity contribution in [3.63, 3.8) is 0 Å². The Morgan fingerprint density at radius 3 is 2.67 bits per heavy atom. The van der Waals surface area contributed by atoms with Crippen molar-refractivity contribution in [3.05, 3.63) is 21.9 Å². The van der Waals surface area contributed by atoms with Gasteiger partial charge in [0.1, 0.15) is 0 Å². The highest BCUT2D eigenvalue weighted by Gasteiger charge is 2.15. The Hall–Kier alpha value is -0.430. The third-order valence-corrected chi connectivity index (χ3v) is 4.52. The molecular formula is C9H15NO3S2. The molecule has 0 aliphatic carbocycles. The molecule has 1 aromatic heterocycles. The predicted octanol–water partition coefficient (Wildman–Crippen LogP) is 1.03. The van der Waals surface area contributed by atoms with Crippen molar-refractivity contribution in [2.45, 2.75) is 19.9 Å². The van der Waals surface area contributed by atoms with Crippen LogP contribution in [0.3, 0.4) is 0 Å². The van der Waals surface area contributed by atoms with Gasteiger partial charge in [-0.1, -0.05) is 0 Å². The van der Waals surface area contributed by atoms with Crippen molar-refractivity contribution in [1.29, 1.82) is 0 Å². The molecule has 0 bridgehead atoms. The summed E-state index contributed by atoms with van der Waals surface area (Å²) in [6.45, 7) is 3.41. The van der Waals surface area contributed by atoms with E-state index in [1.54, 1.807) is 18.3 Å². The fraction of sp³-hybridized carbons (Fsp3) is 0.556. The number of aryl methyl sites for hydroxylation is 1. The molecule has 2 N–H and O–H groups in total. The molecule has 6 heteroatoms. The van der Waals surface area contributed by atoms with Crippen LogP contribution in [0.1, 0.15) is 22.7 Å². The number of aliphatic hydroxyl groups excluding tert-OH is 1. The highest BCUT2D eigenvalue weighted by Crippen LogP contribution is 2.22. The van der Waals surface area contributed by atoms with Crippen LogP contribution in [0.2, 0.25) is 0 Å². The van der Waals surface area contributed by atoms with Gasteiger partial charge in [0.05, 0.1) is 18.4 Å². The summed E-state index contributed by atoms with van der Waals surface area (Å²) >= 11 is 1.57. The Kier molecular flexibility index (Phi) is 4.27. The predicted molar refractivity (Wildman–Crippen MR) is 61.5 cm³/mol. The Morgan fingerprint density at radius 2 is 2.20 bits per heavy atom. The lowest BCUT2D eigenvalue weighted by atomic mass is 10.3. The Balaban J connectivity index is 2.67. The van der Waals surface area contributed by atoms with Gasteiger partial charge in [0.2, 0.25) is 10.0 Å². The second-order valence-electron chi connectivity index (χ2n) is 3.33. The highest BCUT2D eigenvalue weighted by molar-refractivity contribution is 7.89. The van der Waals surface area contributed by atoms with E-state index in [0.717, 1.165) is 9.75 Å². The minimum Gasteiger partial charge on any atom is -0.395 e. The minimum absolute atomic E-state index is 0.236. The molecule has 0 radical (unpaired) electrons. The molecule has 0 aliphatic rings. The molecule has 0 fully saturated rings. The second kappa shape index (κ2) is 5.07. The SMILES string of the molecule is Cc1ccc(C(C)NS(=O)(=O)CCO)s1. The number of thiophene rings is 1. The van der Waals surface area contributed by atoms with Crippen molar-refractivity contribution in [2.75, 3.05) is 12.4 Å². The maximum absolute atomic E-state index is 11.4. The van der Waals surface area contributed by atoms with Crippen LogP contribution in [-0.2, 0) is 10.0 Å². The van der Waals surface area contributed by atoms with Gasteiger partial charge in [-0.3, -0.25) is 0 Å². The lowest BCUT2D eigenvalue weighted by Gasteiger charge is -2.11. The molecule has 0 aromatic carbocycles. The fourth-order valence-electron chi connectivity index (χ4n) is 1.19. The largest absolute Gasteiger partial charge is 0.395 e. The van der Waals surface area contributed by atoms with E-state index in [9.17, 15) is 8.42 Å². The molecule has 4 nitrogen and oxygen atoms in total. The lowest BCUT2D eigenvalue weighted by Crippen LogP contribution is -2.29. The topological polar surface area (TPSA) is 66.4 Å². The molecule has 0 saturated carbocycles. The van der Waals surface area contributed by atoms with Crippen molar-refractivity contribution in [2.24, 2.45) is 0 Å². The number of nitrogens with one attached hydrogen (secondary N) is 1. The Morgan fingerprint density at radius 1 is 1.53 bits per heavy atom.